The van der Waals surface area contributed by atoms with Crippen molar-refractivity contribution < 1.29 is 23.8 Å². The first-order valence-electron chi connectivity index (χ1n) is 9.22. The van der Waals surface area contributed by atoms with Crippen LogP contribution in [0.15, 0.2) is 28.8 Å². The molecule has 1 heterocycles. The minimum atomic E-state index is -0.964. The number of hydrogen-bond acceptors (Lipinski definition) is 7. The molecule has 0 saturated heterocycles. The molecule has 0 fully saturated rings. The van der Waals surface area contributed by atoms with E-state index in [9.17, 15) is 24.5 Å². The highest BCUT2D eigenvalue weighted by molar-refractivity contribution is 6.32. The fraction of sp³-hybridized carbons (Fsp3) is 0.368. The van der Waals surface area contributed by atoms with Gasteiger partial charge in [-0.05, 0) is 25.0 Å². The number of rotatable bonds is 8. The zero-order valence-electron chi connectivity index (χ0n) is 17.3. The van der Waals surface area contributed by atoms with Gasteiger partial charge in [0.15, 0.2) is 5.82 Å². The lowest BCUT2D eigenvalue weighted by Crippen LogP contribution is -2.51. The summed E-state index contributed by atoms with van der Waals surface area (Å²) < 4.78 is 4.86. The van der Waals surface area contributed by atoms with Crippen LogP contribution in [0.5, 0.6) is 0 Å². The van der Waals surface area contributed by atoms with Crippen LogP contribution in [0.25, 0.3) is 0 Å². The SMILES string of the molecule is Cc1cc(NC(=O)CN(C)C(=O)[C@@H](NC(=O)c2ccc(Cl)c([N+](=O)[O-])c2)C(C)C)no1. The summed E-state index contributed by atoms with van der Waals surface area (Å²) in [5.41, 5.74) is -0.435. The second-order valence-electron chi connectivity index (χ2n) is 7.18. The number of benzene rings is 1. The number of nitrogens with one attached hydrogen (secondary N) is 2. The second kappa shape index (κ2) is 10.0. The number of nitro benzene ring substituents is 1. The molecule has 166 valence electrons. The molecule has 31 heavy (non-hydrogen) atoms. The summed E-state index contributed by atoms with van der Waals surface area (Å²) in [4.78, 5) is 49.1. The molecule has 1 aromatic carbocycles. The molecule has 0 aliphatic carbocycles. The Morgan fingerprint density at radius 2 is 1.97 bits per heavy atom. The molecule has 0 aliphatic heterocycles. The van der Waals surface area contributed by atoms with Crippen molar-refractivity contribution in [3.8, 4) is 0 Å². The minimum absolute atomic E-state index is 0.0173. The Kier molecular flexibility index (Phi) is 7.70. The van der Waals surface area contributed by atoms with Crippen LogP contribution in [-0.4, -0.2) is 52.3 Å². The Morgan fingerprint density at radius 1 is 1.29 bits per heavy atom. The van der Waals surface area contributed by atoms with Gasteiger partial charge in [-0.15, -0.1) is 0 Å². The number of nitro groups is 1. The quantitative estimate of drug-likeness (QED) is 0.462. The average Bonchev–Trinajstić information content (AvgIpc) is 3.09. The number of nitrogens with zero attached hydrogens (tertiary/aromatic N) is 3. The lowest BCUT2D eigenvalue weighted by molar-refractivity contribution is -0.384. The topological polar surface area (TPSA) is 148 Å². The number of carbonyl (C=O) groups excluding carboxylic acids is 3. The Balaban J connectivity index is 2.07. The normalized spacial score (nSPS) is 11.7. The Morgan fingerprint density at radius 3 is 2.52 bits per heavy atom. The molecule has 0 unspecified atom stereocenters. The highest BCUT2D eigenvalue weighted by Crippen LogP contribution is 2.25. The molecule has 11 nitrogen and oxygen atoms in total. The van der Waals surface area contributed by atoms with Gasteiger partial charge in [0, 0.05) is 24.7 Å². The van der Waals surface area contributed by atoms with Gasteiger partial charge in [0.25, 0.3) is 11.6 Å². The van der Waals surface area contributed by atoms with E-state index in [4.69, 9.17) is 16.1 Å². The molecule has 0 spiro atoms. The van der Waals surface area contributed by atoms with E-state index in [2.05, 4.69) is 15.8 Å². The molecule has 0 radical (unpaired) electrons. The van der Waals surface area contributed by atoms with Crippen molar-refractivity contribution in [2.45, 2.75) is 26.8 Å². The first kappa shape index (κ1) is 23.8. The summed E-state index contributed by atoms with van der Waals surface area (Å²) in [6, 6.07) is 4.17. The van der Waals surface area contributed by atoms with Crippen molar-refractivity contribution in [2.24, 2.45) is 5.92 Å². The predicted molar refractivity (Wildman–Crippen MR) is 112 cm³/mol. The van der Waals surface area contributed by atoms with Crippen LogP contribution in [0.3, 0.4) is 0 Å². The molecular formula is C19H22ClN5O6. The molecule has 0 aliphatic rings. The minimum Gasteiger partial charge on any atom is -0.360 e. The molecule has 12 heteroatoms. The average molecular weight is 452 g/mol. The standard InChI is InChI=1S/C19H22ClN5O6/c1-10(2)17(22-18(27)12-5-6-13(20)14(8-12)25(29)30)19(28)24(4)9-16(26)21-15-7-11(3)31-23-15/h5-8,10,17H,9H2,1-4H3,(H,22,27)(H,21,23,26)/t17-/m0/s1. The molecular weight excluding hydrogens is 430 g/mol. The van der Waals surface area contributed by atoms with Crippen molar-refractivity contribution in [2.75, 3.05) is 18.9 Å². The molecule has 2 rings (SSSR count). The number of amides is 3. The van der Waals surface area contributed by atoms with Crippen molar-refractivity contribution in [1.29, 1.82) is 0 Å². The number of hydrogen-bond donors (Lipinski definition) is 2. The van der Waals surface area contributed by atoms with E-state index in [1.165, 1.54) is 25.2 Å². The fourth-order valence-corrected chi connectivity index (χ4v) is 2.86. The predicted octanol–water partition coefficient (Wildman–Crippen LogP) is 2.40. The first-order valence-corrected chi connectivity index (χ1v) is 9.60. The van der Waals surface area contributed by atoms with Crippen molar-refractivity contribution in [3.05, 3.63) is 50.7 Å². The Hall–Kier alpha value is -3.47. The van der Waals surface area contributed by atoms with E-state index in [1.807, 2.05) is 0 Å². The highest BCUT2D eigenvalue weighted by atomic mass is 35.5. The summed E-state index contributed by atoms with van der Waals surface area (Å²) in [7, 11) is 1.42. The summed E-state index contributed by atoms with van der Waals surface area (Å²) >= 11 is 5.77. The van der Waals surface area contributed by atoms with Gasteiger partial charge < -0.3 is 20.1 Å². The van der Waals surface area contributed by atoms with Crippen molar-refractivity contribution >= 4 is 40.8 Å². The van der Waals surface area contributed by atoms with E-state index in [0.717, 1.165) is 11.0 Å². The largest absolute Gasteiger partial charge is 0.360 e. The Labute approximate surface area is 182 Å². The van der Waals surface area contributed by atoms with Gasteiger partial charge in [-0.3, -0.25) is 24.5 Å². The number of aromatic nitrogens is 1. The van der Waals surface area contributed by atoms with Crippen LogP contribution in [0.1, 0.15) is 30.0 Å². The van der Waals surface area contributed by atoms with Gasteiger partial charge in [-0.1, -0.05) is 30.6 Å². The maximum atomic E-state index is 12.8. The summed E-state index contributed by atoms with van der Waals surface area (Å²) in [6.07, 6.45) is 0. The third-order valence-corrected chi connectivity index (χ3v) is 4.60. The number of anilines is 1. The summed E-state index contributed by atoms with van der Waals surface area (Å²) in [6.45, 7) is 4.83. The van der Waals surface area contributed by atoms with Gasteiger partial charge in [0.1, 0.15) is 16.8 Å². The zero-order chi connectivity index (χ0) is 23.3. The number of aryl methyl sites for hydroxylation is 1. The lowest BCUT2D eigenvalue weighted by Gasteiger charge is -2.26. The van der Waals surface area contributed by atoms with Crippen molar-refractivity contribution in [3.63, 3.8) is 0 Å². The van der Waals surface area contributed by atoms with Crippen LogP contribution in [0, 0.1) is 23.0 Å². The van der Waals surface area contributed by atoms with Crippen LogP contribution in [0.4, 0.5) is 11.5 Å². The highest BCUT2D eigenvalue weighted by Gasteiger charge is 2.29. The van der Waals surface area contributed by atoms with Crippen LogP contribution >= 0.6 is 11.6 Å². The molecule has 1 aromatic heterocycles. The fourth-order valence-electron chi connectivity index (χ4n) is 2.67. The van der Waals surface area contributed by atoms with Crippen LogP contribution < -0.4 is 10.6 Å². The second-order valence-corrected chi connectivity index (χ2v) is 7.59. The van der Waals surface area contributed by atoms with Gasteiger partial charge in [-0.2, -0.15) is 0 Å². The first-order chi connectivity index (χ1) is 14.5. The molecule has 0 bridgehead atoms. The van der Waals surface area contributed by atoms with Crippen molar-refractivity contribution in [1.82, 2.24) is 15.4 Å². The van der Waals surface area contributed by atoms with Gasteiger partial charge in [-0.25, -0.2) is 0 Å². The van der Waals surface area contributed by atoms with Gasteiger partial charge >= 0.3 is 0 Å². The number of likely N-dealkylation sites (N-methyl/N-ethyl adjacent to an activating group) is 1. The maximum absolute atomic E-state index is 12.8. The smallest absolute Gasteiger partial charge is 0.288 e. The molecule has 2 N–H and O–H groups in total. The van der Waals surface area contributed by atoms with Crippen LogP contribution in [0.2, 0.25) is 5.02 Å². The number of carbonyl (C=O) groups is 3. The van der Waals surface area contributed by atoms with E-state index in [0.29, 0.717) is 5.76 Å². The zero-order valence-corrected chi connectivity index (χ0v) is 18.1. The molecule has 0 saturated carbocycles. The summed E-state index contributed by atoms with van der Waals surface area (Å²) in [5, 5.41) is 19.7. The Bertz CT molecular complexity index is 1010. The van der Waals surface area contributed by atoms with E-state index >= 15 is 0 Å². The molecule has 2 aromatic rings. The monoisotopic (exact) mass is 451 g/mol. The summed E-state index contributed by atoms with van der Waals surface area (Å²) in [5.74, 6) is -1.25. The lowest BCUT2D eigenvalue weighted by atomic mass is 10.0. The van der Waals surface area contributed by atoms with E-state index < -0.39 is 34.4 Å². The van der Waals surface area contributed by atoms with Crippen LogP contribution in [-0.2, 0) is 9.59 Å². The number of halogens is 1. The van der Waals surface area contributed by atoms with Gasteiger partial charge in [0.05, 0.1) is 11.5 Å². The van der Waals surface area contributed by atoms with E-state index in [1.54, 1.807) is 20.8 Å². The maximum Gasteiger partial charge on any atom is 0.288 e. The third kappa shape index (κ3) is 6.25. The van der Waals surface area contributed by atoms with E-state index in [-0.39, 0.29) is 28.9 Å². The molecule has 3 amide bonds. The third-order valence-electron chi connectivity index (χ3n) is 4.28. The van der Waals surface area contributed by atoms with Gasteiger partial charge in [0.2, 0.25) is 11.8 Å². The molecule has 1 atom stereocenters.